The molecule has 1 saturated heterocycles. The van der Waals surface area contributed by atoms with E-state index in [9.17, 15) is 9.59 Å². The highest BCUT2D eigenvalue weighted by molar-refractivity contribution is 7.99. The third-order valence-corrected chi connectivity index (χ3v) is 5.13. The summed E-state index contributed by atoms with van der Waals surface area (Å²) in [6.45, 7) is 3.84. The number of amides is 1. The average molecular weight is 321 g/mol. The summed E-state index contributed by atoms with van der Waals surface area (Å²) in [6, 6.07) is 6.58. The van der Waals surface area contributed by atoms with Crippen molar-refractivity contribution in [3.63, 3.8) is 0 Å². The number of carbonyl (C=O) groups excluding carboxylic acids is 1. The first-order valence-electron chi connectivity index (χ1n) is 7.81. The Hall–Kier alpha value is -1.49. The quantitative estimate of drug-likeness (QED) is 0.905. The van der Waals surface area contributed by atoms with E-state index in [-0.39, 0.29) is 11.5 Å². The first-order valence-corrected chi connectivity index (χ1v) is 8.86. The van der Waals surface area contributed by atoms with Crippen molar-refractivity contribution in [3.8, 4) is 0 Å². The maximum atomic E-state index is 12.5. The van der Waals surface area contributed by atoms with Crippen molar-refractivity contribution in [3.05, 3.63) is 35.4 Å². The number of benzene rings is 1. The fourth-order valence-corrected chi connectivity index (χ4v) is 3.84. The molecule has 0 saturated carbocycles. The smallest absolute Gasteiger partial charge is 0.335 e. The maximum absolute atomic E-state index is 12.5. The molecule has 5 heteroatoms. The van der Waals surface area contributed by atoms with Crippen LogP contribution in [0.3, 0.4) is 0 Å². The van der Waals surface area contributed by atoms with Gasteiger partial charge in [0.05, 0.1) is 12.0 Å². The van der Waals surface area contributed by atoms with Crippen molar-refractivity contribution >= 4 is 23.6 Å². The van der Waals surface area contributed by atoms with Crippen molar-refractivity contribution < 1.29 is 14.7 Å². The summed E-state index contributed by atoms with van der Waals surface area (Å²) in [7, 11) is 0. The molecule has 120 valence electrons. The molecule has 1 fully saturated rings. The van der Waals surface area contributed by atoms with Crippen LogP contribution >= 0.6 is 11.8 Å². The minimum absolute atomic E-state index is 0.145. The second-order valence-corrected chi connectivity index (χ2v) is 7.17. The Morgan fingerprint density at radius 3 is 2.64 bits per heavy atom. The van der Waals surface area contributed by atoms with E-state index in [1.807, 2.05) is 16.7 Å². The van der Waals surface area contributed by atoms with Gasteiger partial charge < -0.3 is 10.0 Å². The summed E-state index contributed by atoms with van der Waals surface area (Å²) in [5.41, 5.74) is 1.13. The first-order chi connectivity index (χ1) is 10.6. The van der Waals surface area contributed by atoms with Crippen LogP contribution in [0.25, 0.3) is 0 Å². The van der Waals surface area contributed by atoms with Crippen molar-refractivity contribution in [1.29, 1.82) is 0 Å². The van der Waals surface area contributed by atoms with Crippen LogP contribution in [0.2, 0.25) is 0 Å². The lowest BCUT2D eigenvalue weighted by Crippen LogP contribution is -2.36. The number of rotatable bonds is 5. The van der Waals surface area contributed by atoms with Gasteiger partial charge in [0.2, 0.25) is 5.91 Å². The number of hydrogen-bond donors (Lipinski definition) is 1. The van der Waals surface area contributed by atoms with Gasteiger partial charge in [0.25, 0.3) is 0 Å². The molecule has 0 aromatic heterocycles. The predicted molar refractivity (Wildman–Crippen MR) is 89.5 cm³/mol. The van der Waals surface area contributed by atoms with Crippen LogP contribution in [-0.2, 0) is 11.2 Å². The molecule has 1 heterocycles. The van der Waals surface area contributed by atoms with Gasteiger partial charge in [-0.3, -0.25) is 4.79 Å². The second-order valence-electron chi connectivity index (χ2n) is 5.59. The first kappa shape index (κ1) is 16.9. The molecule has 1 amide bonds. The Kier molecular flexibility index (Phi) is 6.31. The molecular weight excluding hydrogens is 298 g/mol. The van der Waals surface area contributed by atoms with E-state index in [0.717, 1.165) is 30.8 Å². The van der Waals surface area contributed by atoms with Gasteiger partial charge in [-0.2, -0.15) is 11.8 Å². The van der Waals surface area contributed by atoms with Crippen LogP contribution in [-0.4, -0.2) is 46.0 Å². The minimum atomic E-state index is -0.940. The molecule has 1 unspecified atom stereocenters. The van der Waals surface area contributed by atoms with E-state index >= 15 is 0 Å². The van der Waals surface area contributed by atoms with Gasteiger partial charge in [-0.15, -0.1) is 0 Å². The zero-order valence-corrected chi connectivity index (χ0v) is 13.8. The van der Waals surface area contributed by atoms with E-state index in [2.05, 4.69) is 6.92 Å². The lowest BCUT2D eigenvalue weighted by molar-refractivity contribution is -0.130. The molecule has 1 aliphatic rings. The van der Waals surface area contributed by atoms with Gasteiger partial charge in [0, 0.05) is 18.3 Å². The highest BCUT2D eigenvalue weighted by atomic mass is 32.2. The zero-order chi connectivity index (χ0) is 15.9. The predicted octanol–water partition coefficient (Wildman–Crippen LogP) is 3.06. The van der Waals surface area contributed by atoms with Crippen LogP contribution in [0.15, 0.2) is 24.3 Å². The number of likely N-dealkylation sites (tertiary alicyclic amines) is 1. The van der Waals surface area contributed by atoms with Gasteiger partial charge in [-0.1, -0.05) is 25.5 Å². The summed E-state index contributed by atoms with van der Waals surface area (Å²) in [5.74, 6) is 0.292. The topological polar surface area (TPSA) is 57.6 Å². The fourth-order valence-electron chi connectivity index (χ4n) is 2.75. The SMILES string of the molecule is CCSC1CCCCN(C(=O)Cc2ccc(C(=O)O)cc2)C1. The third kappa shape index (κ3) is 4.77. The van der Waals surface area contributed by atoms with Crippen molar-refractivity contribution in [2.45, 2.75) is 37.9 Å². The van der Waals surface area contributed by atoms with Gasteiger partial charge in [-0.05, 0) is 36.3 Å². The lowest BCUT2D eigenvalue weighted by Gasteiger charge is -2.24. The molecule has 0 aliphatic carbocycles. The second kappa shape index (κ2) is 8.22. The molecule has 4 nitrogen and oxygen atoms in total. The number of carboxylic acid groups (broad SMARTS) is 1. The molecular formula is C17H23NO3S. The normalized spacial score (nSPS) is 18.8. The van der Waals surface area contributed by atoms with E-state index in [0.29, 0.717) is 11.7 Å². The maximum Gasteiger partial charge on any atom is 0.335 e. The van der Waals surface area contributed by atoms with Gasteiger partial charge >= 0.3 is 5.97 Å². The molecule has 22 heavy (non-hydrogen) atoms. The Morgan fingerprint density at radius 2 is 2.00 bits per heavy atom. The molecule has 0 bridgehead atoms. The number of carboxylic acids is 1. The molecule has 1 aromatic carbocycles. The van der Waals surface area contributed by atoms with Crippen LogP contribution in [0.4, 0.5) is 0 Å². The molecule has 1 N–H and O–H groups in total. The van der Waals surface area contributed by atoms with Gasteiger partial charge in [-0.25, -0.2) is 4.79 Å². The highest BCUT2D eigenvalue weighted by Crippen LogP contribution is 2.22. The summed E-state index contributed by atoms with van der Waals surface area (Å²) >= 11 is 1.94. The average Bonchev–Trinajstić information content (AvgIpc) is 2.74. The van der Waals surface area contributed by atoms with Crippen molar-refractivity contribution in [2.75, 3.05) is 18.8 Å². The summed E-state index contributed by atoms with van der Waals surface area (Å²) in [4.78, 5) is 25.3. The van der Waals surface area contributed by atoms with E-state index in [1.54, 1.807) is 24.3 Å². The minimum Gasteiger partial charge on any atom is -0.478 e. The van der Waals surface area contributed by atoms with E-state index in [1.165, 1.54) is 12.8 Å². The monoisotopic (exact) mass is 321 g/mol. The van der Waals surface area contributed by atoms with Gasteiger partial charge in [0.1, 0.15) is 0 Å². The fraction of sp³-hybridized carbons (Fsp3) is 0.529. The van der Waals surface area contributed by atoms with Crippen LogP contribution in [0.1, 0.15) is 42.1 Å². The number of carbonyl (C=O) groups is 2. The van der Waals surface area contributed by atoms with Gasteiger partial charge in [0.15, 0.2) is 0 Å². The summed E-state index contributed by atoms with van der Waals surface area (Å²) in [5, 5.41) is 9.44. The number of aromatic carboxylic acids is 1. The summed E-state index contributed by atoms with van der Waals surface area (Å²) in [6.07, 6.45) is 3.80. The highest BCUT2D eigenvalue weighted by Gasteiger charge is 2.22. The molecule has 2 rings (SSSR count). The molecule has 0 spiro atoms. The lowest BCUT2D eigenvalue weighted by atomic mass is 10.1. The van der Waals surface area contributed by atoms with Crippen LogP contribution in [0, 0.1) is 0 Å². The van der Waals surface area contributed by atoms with E-state index in [4.69, 9.17) is 5.11 Å². The molecule has 1 aliphatic heterocycles. The van der Waals surface area contributed by atoms with Crippen LogP contribution < -0.4 is 0 Å². The Morgan fingerprint density at radius 1 is 1.27 bits per heavy atom. The Labute approximate surface area is 135 Å². The van der Waals surface area contributed by atoms with Crippen LogP contribution in [0.5, 0.6) is 0 Å². The number of thioether (sulfide) groups is 1. The Bertz CT molecular complexity index is 515. The van der Waals surface area contributed by atoms with E-state index < -0.39 is 5.97 Å². The third-order valence-electron chi connectivity index (χ3n) is 3.94. The largest absolute Gasteiger partial charge is 0.478 e. The molecule has 1 aromatic rings. The molecule has 0 radical (unpaired) electrons. The Balaban J connectivity index is 1.96. The number of nitrogens with zero attached hydrogens (tertiary/aromatic N) is 1. The summed E-state index contributed by atoms with van der Waals surface area (Å²) < 4.78 is 0. The van der Waals surface area contributed by atoms with Crippen molar-refractivity contribution in [1.82, 2.24) is 4.90 Å². The number of hydrogen-bond acceptors (Lipinski definition) is 3. The standard InChI is InChI=1S/C17H23NO3S/c1-2-22-15-5-3-4-10-18(12-15)16(19)11-13-6-8-14(9-7-13)17(20)21/h6-9,15H,2-5,10-12H2,1H3,(H,20,21). The van der Waals surface area contributed by atoms with Crippen molar-refractivity contribution in [2.24, 2.45) is 0 Å². The molecule has 1 atom stereocenters. The zero-order valence-electron chi connectivity index (χ0n) is 13.0.